The van der Waals surface area contributed by atoms with E-state index in [2.05, 4.69) is 52.5 Å². The van der Waals surface area contributed by atoms with E-state index in [4.69, 9.17) is 0 Å². The Morgan fingerprint density at radius 2 is 2.00 bits per heavy atom. The summed E-state index contributed by atoms with van der Waals surface area (Å²) in [5.41, 5.74) is 4.14. The van der Waals surface area contributed by atoms with Gasteiger partial charge in [-0.2, -0.15) is 0 Å². The molecule has 0 amide bonds. The summed E-state index contributed by atoms with van der Waals surface area (Å²) in [5, 5.41) is 3.45. The number of nitrogens with one attached hydrogen (secondary N) is 1. The van der Waals surface area contributed by atoms with Crippen molar-refractivity contribution < 1.29 is 0 Å². The van der Waals surface area contributed by atoms with Crippen LogP contribution in [0, 0.1) is 0 Å². The van der Waals surface area contributed by atoms with Crippen LogP contribution < -0.4 is 5.32 Å². The SMILES string of the molecule is c1ccc(Cn2ccc3c2CCCN3)cc1. The van der Waals surface area contributed by atoms with Crippen molar-refractivity contribution in [1.29, 1.82) is 0 Å². The Morgan fingerprint density at radius 1 is 1.12 bits per heavy atom. The van der Waals surface area contributed by atoms with Gasteiger partial charge in [0.2, 0.25) is 0 Å². The number of fused-ring (bicyclic) bond motifs is 1. The van der Waals surface area contributed by atoms with E-state index in [0.29, 0.717) is 0 Å². The van der Waals surface area contributed by atoms with Crippen LogP contribution >= 0.6 is 0 Å². The molecule has 2 heterocycles. The molecule has 0 saturated carbocycles. The van der Waals surface area contributed by atoms with Gasteiger partial charge in [0, 0.05) is 25.0 Å². The van der Waals surface area contributed by atoms with Crippen LogP contribution in [0.25, 0.3) is 0 Å². The van der Waals surface area contributed by atoms with Crippen LogP contribution in [-0.2, 0) is 13.0 Å². The summed E-state index contributed by atoms with van der Waals surface area (Å²) < 4.78 is 2.36. The first-order valence-corrected chi connectivity index (χ1v) is 5.89. The summed E-state index contributed by atoms with van der Waals surface area (Å²) in [6, 6.07) is 12.8. The zero-order chi connectivity index (χ0) is 10.8. The number of benzene rings is 1. The predicted octanol–water partition coefficient (Wildman–Crippen LogP) is 2.89. The Hall–Kier alpha value is -1.70. The maximum Gasteiger partial charge on any atom is 0.0553 e. The van der Waals surface area contributed by atoms with Gasteiger partial charge in [-0.05, 0) is 24.5 Å². The molecule has 1 aliphatic rings. The van der Waals surface area contributed by atoms with E-state index >= 15 is 0 Å². The van der Waals surface area contributed by atoms with Crippen LogP contribution in [0.15, 0.2) is 42.6 Å². The van der Waals surface area contributed by atoms with E-state index in [1.807, 2.05) is 0 Å². The normalized spacial score (nSPS) is 14.2. The lowest BCUT2D eigenvalue weighted by Crippen LogP contribution is -2.14. The van der Waals surface area contributed by atoms with Crippen molar-refractivity contribution in [2.45, 2.75) is 19.4 Å². The van der Waals surface area contributed by atoms with Gasteiger partial charge in [0.1, 0.15) is 0 Å². The van der Waals surface area contributed by atoms with Crippen LogP contribution in [0.5, 0.6) is 0 Å². The third-order valence-corrected chi connectivity index (χ3v) is 3.18. The molecule has 0 bridgehead atoms. The Bertz CT molecular complexity index is 471. The topological polar surface area (TPSA) is 17.0 Å². The molecule has 0 atom stereocenters. The van der Waals surface area contributed by atoms with E-state index in [9.17, 15) is 0 Å². The minimum Gasteiger partial charge on any atom is -0.384 e. The van der Waals surface area contributed by atoms with E-state index in [0.717, 1.165) is 13.1 Å². The summed E-state index contributed by atoms with van der Waals surface area (Å²) in [5.74, 6) is 0. The van der Waals surface area contributed by atoms with Crippen molar-refractivity contribution in [3.05, 3.63) is 53.9 Å². The van der Waals surface area contributed by atoms with E-state index in [1.54, 1.807) is 0 Å². The molecule has 16 heavy (non-hydrogen) atoms. The molecule has 3 rings (SSSR count). The number of aromatic nitrogens is 1. The highest BCUT2D eigenvalue weighted by Gasteiger charge is 2.12. The van der Waals surface area contributed by atoms with Gasteiger partial charge >= 0.3 is 0 Å². The Kier molecular flexibility index (Phi) is 2.41. The lowest BCUT2D eigenvalue weighted by atomic mass is 10.1. The molecule has 2 aromatic rings. The second kappa shape index (κ2) is 4.05. The first kappa shape index (κ1) is 9.52. The molecular weight excluding hydrogens is 196 g/mol. The molecule has 1 aliphatic heterocycles. The van der Waals surface area contributed by atoms with Crippen molar-refractivity contribution in [2.75, 3.05) is 11.9 Å². The van der Waals surface area contributed by atoms with Crippen molar-refractivity contribution >= 4 is 5.69 Å². The fourth-order valence-electron chi connectivity index (χ4n) is 2.35. The van der Waals surface area contributed by atoms with Gasteiger partial charge in [0.15, 0.2) is 0 Å². The van der Waals surface area contributed by atoms with Crippen LogP contribution in [0.3, 0.4) is 0 Å². The molecule has 0 saturated heterocycles. The first-order chi connectivity index (χ1) is 7.93. The van der Waals surface area contributed by atoms with Crippen LogP contribution in [0.4, 0.5) is 5.69 Å². The summed E-state index contributed by atoms with van der Waals surface area (Å²) in [6.45, 7) is 2.10. The summed E-state index contributed by atoms with van der Waals surface area (Å²) in [6.07, 6.45) is 4.63. The maximum absolute atomic E-state index is 3.45. The van der Waals surface area contributed by atoms with E-state index in [1.165, 1.54) is 29.8 Å². The molecule has 0 fully saturated rings. The predicted molar refractivity (Wildman–Crippen MR) is 66.8 cm³/mol. The van der Waals surface area contributed by atoms with Gasteiger partial charge in [-0.15, -0.1) is 0 Å². The average molecular weight is 212 g/mol. The highest BCUT2D eigenvalue weighted by atomic mass is 15.0. The van der Waals surface area contributed by atoms with Gasteiger partial charge in [-0.3, -0.25) is 0 Å². The van der Waals surface area contributed by atoms with Crippen molar-refractivity contribution in [2.24, 2.45) is 0 Å². The number of rotatable bonds is 2. The number of nitrogens with zero attached hydrogens (tertiary/aromatic N) is 1. The second-order valence-corrected chi connectivity index (χ2v) is 4.32. The highest BCUT2D eigenvalue weighted by Crippen LogP contribution is 2.23. The molecule has 2 nitrogen and oxygen atoms in total. The third-order valence-electron chi connectivity index (χ3n) is 3.18. The van der Waals surface area contributed by atoms with Gasteiger partial charge < -0.3 is 9.88 Å². The Labute approximate surface area is 95.9 Å². The zero-order valence-corrected chi connectivity index (χ0v) is 9.32. The third kappa shape index (κ3) is 1.71. The van der Waals surface area contributed by atoms with Gasteiger partial charge in [0.05, 0.1) is 5.69 Å². The smallest absolute Gasteiger partial charge is 0.0553 e. The molecular formula is C14H16N2. The van der Waals surface area contributed by atoms with Crippen LogP contribution in [-0.4, -0.2) is 11.1 Å². The molecule has 0 unspecified atom stereocenters. The minimum atomic E-state index is 0.984. The molecule has 1 aromatic carbocycles. The Balaban J connectivity index is 1.88. The fourth-order valence-corrected chi connectivity index (χ4v) is 2.35. The quantitative estimate of drug-likeness (QED) is 0.810. The average Bonchev–Trinajstić information content (AvgIpc) is 2.74. The van der Waals surface area contributed by atoms with Gasteiger partial charge in [0.25, 0.3) is 0 Å². The van der Waals surface area contributed by atoms with Crippen molar-refractivity contribution in [3.8, 4) is 0 Å². The van der Waals surface area contributed by atoms with Crippen LogP contribution in [0.2, 0.25) is 0 Å². The summed E-state index contributed by atoms with van der Waals surface area (Å²) in [4.78, 5) is 0. The first-order valence-electron chi connectivity index (χ1n) is 5.89. The Morgan fingerprint density at radius 3 is 2.88 bits per heavy atom. The molecule has 1 N–H and O–H groups in total. The monoisotopic (exact) mass is 212 g/mol. The maximum atomic E-state index is 3.45. The summed E-state index contributed by atoms with van der Waals surface area (Å²) >= 11 is 0. The zero-order valence-electron chi connectivity index (χ0n) is 9.32. The second-order valence-electron chi connectivity index (χ2n) is 4.32. The molecule has 1 aromatic heterocycles. The fraction of sp³-hybridized carbons (Fsp3) is 0.286. The lowest BCUT2D eigenvalue weighted by Gasteiger charge is -2.17. The van der Waals surface area contributed by atoms with Crippen molar-refractivity contribution in [3.63, 3.8) is 0 Å². The molecule has 82 valence electrons. The van der Waals surface area contributed by atoms with E-state index in [-0.39, 0.29) is 0 Å². The molecule has 2 heteroatoms. The molecule has 0 aliphatic carbocycles. The van der Waals surface area contributed by atoms with Gasteiger partial charge in [-0.1, -0.05) is 30.3 Å². The highest BCUT2D eigenvalue weighted by molar-refractivity contribution is 5.51. The largest absolute Gasteiger partial charge is 0.384 e. The van der Waals surface area contributed by atoms with Crippen molar-refractivity contribution in [1.82, 2.24) is 4.57 Å². The molecule has 0 radical (unpaired) electrons. The molecule has 0 spiro atoms. The number of anilines is 1. The lowest BCUT2D eigenvalue weighted by molar-refractivity contribution is 0.702. The van der Waals surface area contributed by atoms with Gasteiger partial charge in [-0.25, -0.2) is 0 Å². The standard InChI is InChI=1S/C14H16N2/c1-2-5-12(6-3-1)11-16-10-8-13-14(16)7-4-9-15-13/h1-3,5-6,8,10,15H,4,7,9,11H2. The van der Waals surface area contributed by atoms with Crippen LogP contribution in [0.1, 0.15) is 17.7 Å². The van der Waals surface area contributed by atoms with E-state index < -0.39 is 0 Å². The minimum absolute atomic E-state index is 0.984. The number of hydrogen-bond donors (Lipinski definition) is 1. The number of hydrogen-bond acceptors (Lipinski definition) is 1. The summed E-state index contributed by atoms with van der Waals surface area (Å²) in [7, 11) is 0.